The van der Waals surface area contributed by atoms with E-state index in [1.54, 1.807) is 25.3 Å². The van der Waals surface area contributed by atoms with Gasteiger partial charge in [-0.1, -0.05) is 0 Å². The molecule has 0 amide bonds. The summed E-state index contributed by atoms with van der Waals surface area (Å²) < 4.78 is 5.42. The van der Waals surface area contributed by atoms with Crippen LogP contribution in [0.4, 0.5) is 0 Å². The highest BCUT2D eigenvalue weighted by atomic mass is 127. The number of rotatable bonds is 1. The predicted molar refractivity (Wildman–Crippen MR) is 57.8 cm³/mol. The van der Waals surface area contributed by atoms with E-state index in [1.165, 1.54) is 0 Å². The van der Waals surface area contributed by atoms with Gasteiger partial charge in [-0.05, 0) is 17.0 Å². The summed E-state index contributed by atoms with van der Waals surface area (Å²) in [4.78, 5) is 4.66. The van der Waals surface area contributed by atoms with Gasteiger partial charge >= 0.3 is 0 Å². The molecular formula is C8H6IN3O2. The van der Waals surface area contributed by atoms with Crippen molar-refractivity contribution in [1.29, 1.82) is 0 Å². The fraction of sp³-hybridized carbons (Fsp3) is 0.125. The molecule has 1 aromatic heterocycles. The molecule has 0 radical (unpaired) electrons. The van der Waals surface area contributed by atoms with E-state index >= 15 is 0 Å². The van der Waals surface area contributed by atoms with Crippen molar-refractivity contribution in [2.24, 2.45) is 0 Å². The van der Waals surface area contributed by atoms with Gasteiger partial charge in [0.25, 0.3) is 9.35 Å². The first-order chi connectivity index (χ1) is 6.70. The van der Waals surface area contributed by atoms with E-state index in [0.29, 0.717) is 25.5 Å². The van der Waals surface area contributed by atoms with Gasteiger partial charge in [0.2, 0.25) is 0 Å². The lowest BCUT2D eigenvalue weighted by Crippen LogP contribution is -2.33. The summed E-state index contributed by atoms with van der Waals surface area (Å²) in [5.41, 5.74) is 1.02. The van der Waals surface area contributed by atoms with Gasteiger partial charge < -0.3 is 9.94 Å². The second-order valence-corrected chi connectivity index (χ2v) is 3.57. The van der Waals surface area contributed by atoms with E-state index in [-0.39, 0.29) is 0 Å². The lowest BCUT2D eigenvalue weighted by molar-refractivity contribution is -0.644. The Hall–Kier alpha value is -1.18. The number of fused-ring (bicyclic) bond motifs is 1. The van der Waals surface area contributed by atoms with Crippen molar-refractivity contribution in [3.05, 3.63) is 27.2 Å². The number of halogens is 1. The second-order valence-electron chi connectivity index (χ2n) is 2.61. The van der Waals surface area contributed by atoms with Crippen molar-refractivity contribution in [3.8, 4) is 5.75 Å². The molecule has 6 heteroatoms. The van der Waals surface area contributed by atoms with Crippen molar-refractivity contribution in [3.63, 3.8) is 0 Å². The molecule has 2 aromatic rings. The molecule has 0 saturated carbocycles. The maximum atomic E-state index is 11.4. The van der Waals surface area contributed by atoms with Crippen molar-refractivity contribution in [2.45, 2.75) is 0 Å². The monoisotopic (exact) mass is 303 g/mol. The van der Waals surface area contributed by atoms with E-state index in [9.17, 15) is 5.21 Å². The van der Waals surface area contributed by atoms with Crippen LogP contribution in [0.15, 0.2) is 18.2 Å². The number of hydrogen-bond acceptors (Lipinski definition) is 4. The van der Waals surface area contributed by atoms with Crippen LogP contribution in [0.2, 0.25) is 0 Å². The van der Waals surface area contributed by atoms with Crippen LogP contribution in [0.3, 0.4) is 0 Å². The smallest absolute Gasteiger partial charge is 0.274 e. The van der Waals surface area contributed by atoms with Gasteiger partial charge in [-0.2, -0.15) is 0 Å². The van der Waals surface area contributed by atoms with Crippen molar-refractivity contribution < 1.29 is 9.58 Å². The van der Waals surface area contributed by atoms with E-state index in [1.807, 2.05) is 22.6 Å². The normalized spacial score (nSPS) is 10.4. The molecule has 0 bridgehead atoms. The Morgan fingerprint density at radius 2 is 2.29 bits per heavy atom. The van der Waals surface area contributed by atoms with Crippen molar-refractivity contribution >= 4 is 33.6 Å². The summed E-state index contributed by atoms with van der Waals surface area (Å²) in [5.74, 6) is 0.618. The van der Waals surface area contributed by atoms with Crippen LogP contribution < -0.4 is 9.58 Å². The van der Waals surface area contributed by atoms with E-state index in [2.05, 4.69) is 10.1 Å². The third kappa shape index (κ3) is 1.57. The molecule has 0 fully saturated rings. The van der Waals surface area contributed by atoms with Crippen LogP contribution in [-0.4, -0.2) is 17.2 Å². The first kappa shape index (κ1) is 9.38. The van der Waals surface area contributed by atoms with Gasteiger partial charge in [0.05, 0.1) is 13.2 Å². The van der Waals surface area contributed by atoms with Crippen LogP contribution in [0.1, 0.15) is 0 Å². The Bertz CT molecular complexity index is 489. The summed E-state index contributed by atoms with van der Waals surface area (Å²) in [5, 5.41) is 15.0. The van der Waals surface area contributed by atoms with E-state index in [4.69, 9.17) is 4.74 Å². The molecule has 14 heavy (non-hydrogen) atoms. The van der Waals surface area contributed by atoms with Crippen LogP contribution >= 0.6 is 22.6 Å². The number of benzene rings is 1. The molecule has 0 aliphatic heterocycles. The van der Waals surface area contributed by atoms with Gasteiger partial charge in [-0.3, -0.25) is 0 Å². The molecule has 0 unspecified atom stereocenters. The Balaban J connectivity index is 2.75. The first-order valence-electron chi connectivity index (χ1n) is 3.82. The zero-order valence-electron chi connectivity index (χ0n) is 7.27. The molecule has 72 valence electrons. The number of nitrogens with zero attached hydrogens (tertiary/aromatic N) is 3. The minimum Gasteiger partial charge on any atom is -0.594 e. The minimum atomic E-state index is 0.407. The molecule has 5 nitrogen and oxygen atoms in total. The fourth-order valence-corrected chi connectivity index (χ4v) is 1.58. The molecule has 0 atom stereocenters. The average molecular weight is 303 g/mol. The lowest BCUT2D eigenvalue weighted by atomic mass is 10.3. The summed E-state index contributed by atoms with van der Waals surface area (Å²) >= 11 is 1.90. The van der Waals surface area contributed by atoms with Gasteiger partial charge in [-0.25, -0.2) is 4.98 Å². The largest absolute Gasteiger partial charge is 0.594 e. The summed E-state index contributed by atoms with van der Waals surface area (Å²) in [6.07, 6.45) is 0. The summed E-state index contributed by atoms with van der Waals surface area (Å²) in [6.45, 7) is 0. The molecule has 0 spiro atoms. The average Bonchev–Trinajstić information content (AvgIpc) is 2.17. The zero-order chi connectivity index (χ0) is 10.1. The van der Waals surface area contributed by atoms with Crippen molar-refractivity contribution in [2.75, 3.05) is 7.11 Å². The molecular weight excluding hydrogens is 297 g/mol. The molecule has 1 heterocycles. The third-order valence-electron chi connectivity index (χ3n) is 1.77. The molecule has 2 rings (SSSR count). The Morgan fingerprint density at radius 1 is 1.50 bits per heavy atom. The molecule has 0 saturated heterocycles. The second kappa shape index (κ2) is 3.52. The van der Waals surface area contributed by atoms with Gasteiger partial charge in [0.1, 0.15) is 11.3 Å². The number of ether oxygens (including phenoxy) is 1. The lowest BCUT2D eigenvalue weighted by Gasteiger charge is -2.01. The number of methoxy groups -OCH3 is 1. The topological polar surface area (TPSA) is 62.0 Å². The Labute approximate surface area is 93.4 Å². The standard InChI is InChI=1S/C8H6IN3O2/c1-14-5-2-3-6-7(4-5)12(13)11-8(9)10-6/h2-4H,1H3. The SMILES string of the molecule is COc1ccc2nc(I)n[n+]([O-])c2c1. The van der Waals surface area contributed by atoms with Crippen LogP contribution in [0.5, 0.6) is 5.75 Å². The number of hydrogen-bond donors (Lipinski definition) is 0. The minimum absolute atomic E-state index is 0.407. The molecule has 0 aliphatic rings. The summed E-state index contributed by atoms with van der Waals surface area (Å²) in [7, 11) is 1.55. The molecule has 0 N–H and O–H groups in total. The van der Waals surface area contributed by atoms with Crippen LogP contribution in [0, 0.1) is 9.04 Å². The highest BCUT2D eigenvalue weighted by molar-refractivity contribution is 14.1. The van der Waals surface area contributed by atoms with Gasteiger partial charge in [0.15, 0.2) is 0 Å². The number of aromatic nitrogens is 3. The highest BCUT2D eigenvalue weighted by Gasteiger charge is 2.09. The summed E-state index contributed by atoms with van der Waals surface area (Å²) in [6, 6.07) is 5.09. The van der Waals surface area contributed by atoms with Crippen LogP contribution in [0.25, 0.3) is 11.0 Å². The predicted octanol–water partition coefficient (Wildman–Crippen LogP) is 0.876. The van der Waals surface area contributed by atoms with E-state index in [0.717, 1.165) is 0 Å². The quantitative estimate of drug-likeness (QED) is 0.446. The van der Waals surface area contributed by atoms with Gasteiger partial charge in [-0.15, -0.1) is 0 Å². The zero-order valence-corrected chi connectivity index (χ0v) is 9.43. The first-order valence-corrected chi connectivity index (χ1v) is 4.90. The maximum absolute atomic E-state index is 11.4. The molecule has 1 aromatic carbocycles. The van der Waals surface area contributed by atoms with Gasteiger partial charge in [0, 0.05) is 27.7 Å². The maximum Gasteiger partial charge on any atom is 0.274 e. The van der Waals surface area contributed by atoms with E-state index < -0.39 is 0 Å². The molecule has 0 aliphatic carbocycles. The third-order valence-corrected chi connectivity index (χ3v) is 2.23. The fourth-order valence-electron chi connectivity index (χ4n) is 1.13. The van der Waals surface area contributed by atoms with Crippen molar-refractivity contribution in [1.82, 2.24) is 10.1 Å². The Morgan fingerprint density at radius 3 is 3.00 bits per heavy atom. The highest BCUT2D eigenvalue weighted by Crippen LogP contribution is 2.15. The Kier molecular flexibility index (Phi) is 2.36. The van der Waals surface area contributed by atoms with Crippen LogP contribution in [-0.2, 0) is 0 Å².